The molecule has 0 amide bonds. The Hall–Kier alpha value is 3.77. The smallest absolute Gasteiger partial charge is 0.790 e. The predicted molar refractivity (Wildman–Crippen MR) is 20.3 cm³/mol. The van der Waals surface area contributed by atoms with Gasteiger partial charge in [-0.25, -0.2) is 0 Å². The summed E-state index contributed by atoms with van der Waals surface area (Å²) in [6.07, 6.45) is 0. The van der Waals surface area contributed by atoms with Crippen molar-refractivity contribution in [1.82, 2.24) is 0 Å². The molecule has 0 aromatic heterocycles. The van der Waals surface area contributed by atoms with Gasteiger partial charge in [0, 0.05) is 10.4 Å². The van der Waals surface area contributed by atoms with E-state index in [-0.39, 0.29) is 120 Å². The molecule has 0 saturated carbocycles. The first-order chi connectivity index (χ1) is 4.00. The number of phosphoric acid groups is 1. The summed E-state index contributed by atoms with van der Waals surface area (Å²) in [5, 5.41) is 0. The van der Waals surface area contributed by atoms with Crippen LogP contribution in [-0.2, 0) is 32.0 Å². The summed E-state index contributed by atoms with van der Waals surface area (Å²) in [6, 6.07) is 0. The van der Waals surface area contributed by atoms with Crippen LogP contribution in [0.2, 0.25) is 0 Å². The van der Waals surface area contributed by atoms with Crippen LogP contribution in [0.25, 0.3) is 0 Å². The minimum atomic E-state index is -5.17. The molecule has 0 spiro atoms. The Morgan fingerprint density at radius 2 is 1.08 bits per heavy atom. The van der Waals surface area contributed by atoms with E-state index >= 15 is 0 Å². The van der Waals surface area contributed by atoms with Gasteiger partial charge >= 0.3 is 120 Å². The van der Waals surface area contributed by atoms with Crippen LogP contribution in [0, 0.1) is 0 Å². The van der Waals surface area contributed by atoms with Crippen molar-refractivity contribution >= 4 is 18.2 Å². The molecule has 0 heterocycles. The van der Waals surface area contributed by atoms with E-state index in [2.05, 4.69) is 0 Å². The summed E-state index contributed by atoms with van der Waals surface area (Å²) in [6.45, 7) is 0. The van der Waals surface area contributed by atoms with Crippen molar-refractivity contribution in [2.24, 2.45) is 0 Å². The molecule has 1 radical (unpaired) electrons. The van der Waals surface area contributed by atoms with Crippen LogP contribution in [0.4, 0.5) is 0 Å². The standard InChI is InChI=1S/Cu.2K.H3O4P.H2O4S/c;;;2*1-5(2,3)4/h;;;(H3,1,2,3,4);(H2,1,2,3,4)/q+2;2*+1;;/p-4. The topological polar surface area (TPSA) is 164 Å². The van der Waals surface area contributed by atoms with Gasteiger partial charge in [0.05, 0.1) is 7.82 Å². The van der Waals surface area contributed by atoms with E-state index in [1.165, 1.54) is 0 Å². The molecule has 1 N–H and O–H groups in total. The van der Waals surface area contributed by atoms with Crippen molar-refractivity contribution in [2.45, 2.75) is 0 Å². The summed E-state index contributed by atoms with van der Waals surface area (Å²) in [5.74, 6) is 0. The van der Waals surface area contributed by atoms with Crippen LogP contribution >= 0.6 is 7.82 Å². The van der Waals surface area contributed by atoms with Crippen molar-refractivity contribution in [2.75, 3.05) is 0 Å². The maximum absolute atomic E-state index is 8.66. The second-order valence-corrected chi connectivity index (χ2v) is 2.63. The fourth-order valence-electron chi connectivity index (χ4n) is 0. The van der Waals surface area contributed by atoms with Crippen LogP contribution in [0.5, 0.6) is 0 Å². The van der Waals surface area contributed by atoms with E-state index in [4.69, 9.17) is 36.8 Å². The van der Waals surface area contributed by atoms with E-state index in [1.807, 2.05) is 0 Å². The van der Waals surface area contributed by atoms with Gasteiger partial charge in [0.1, 0.15) is 0 Å². The third kappa shape index (κ3) is 210. The quantitative estimate of drug-likeness (QED) is 0.197. The molecular weight excluding hydrogens is 333 g/mol. The SMILES string of the molecule is O=P([O-])([O-])O.O=S(=O)([O-])[O-].[Cu+2].[K+].[K+]. The zero-order valence-electron chi connectivity index (χ0n) is 6.46. The molecule has 0 fully saturated rings. The number of rotatable bonds is 0. The van der Waals surface area contributed by atoms with Gasteiger partial charge < -0.3 is 28.4 Å². The maximum Gasteiger partial charge on any atom is 2.00 e. The molecule has 0 aliphatic heterocycles. The van der Waals surface area contributed by atoms with Crippen LogP contribution in [0.15, 0.2) is 0 Å². The molecule has 0 aliphatic carbocycles. The minimum Gasteiger partial charge on any atom is -0.790 e. The van der Waals surface area contributed by atoms with Gasteiger partial charge in [-0.15, -0.1) is 0 Å². The molecule has 0 unspecified atom stereocenters. The van der Waals surface area contributed by atoms with Crippen molar-refractivity contribution in [3.63, 3.8) is 0 Å². The van der Waals surface area contributed by atoms with Crippen LogP contribution < -0.4 is 113 Å². The van der Waals surface area contributed by atoms with E-state index in [1.54, 1.807) is 0 Å². The molecule has 0 saturated heterocycles. The van der Waals surface area contributed by atoms with Gasteiger partial charge in [0.25, 0.3) is 0 Å². The second kappa shape index (κ2) is 13.8. The van der Waals surface area contributed by atoms with Gasteiger partial charge in [0.15, 0.2) is 0 Å². The van der Waals surface area contributed by atoms with Gasteiger partial charge in [-0.2, -0.15) is 0 Å². The van der Waals surface area contributed by atoms with E-state index in [0.29, 0.717) is 0 Å². The largest absolute Gasteiger partial charge is 2.00 e. The molecule has 0 aromatic rings. The van der Waals surface area contributed by atoms with Gasteiger partial charge in [-0.1, -0.05) is 0 Å². The van der Waals surface area contributed by atoms with Crippen molar-refractivity contribution in [3.05, 3.63) is 0 Å². The van der Waals surface area contributed by atoms with Crippen LogP contribution in [-0.4, -0.2) is 22.4 Å². The van der Waals surface area contributed by atoms with Crippen molar-refractivity contribution in [3.8, 4) is 0 Å². The molecule has 13 heavy (non-hydrogen) atoms. The van der Waals surface area contributed by atoms with E-state index in [9.17, 15) is 0 Å². The molecule has 8 nitrogen and oxygen atoms in total. The van der Waals surface area contributed by atoms with Crippen molar-refractivity contribution in [1.29, 1.82) is 0 Å². The fraction of sp³-hybridized carbons (Fsp3) is 0. The monoisotopic (exact) mass is 333 g/mol. The summed E-state index contributed by atoms with van der Waals surface area (Å²) in [5.41, 5.74) is 0. The summed E-state index contributed by atoms with van der Waals surface area (Å²) < 4.78 is 42.7. The van der Waals surface area contributed by atoms with Gasteiger partial charge in [-0.3, -0.25) is 8.42 Å². The molecular formula is HCuK2O8PS. The zero-order chi connectivity index (χ0) is 9.00. The normalized spacial score (nSPS) is 9.00. The first-order valence-corrected chi connectivity index (χ1v) is 4.24. The maximum atomic E-state index is 8.66. The molecule has 0 aliphatic rings. The molecule has 0 rings (SSSR count). The molecule has 13 heteroatoms. The van der Waals surface area contributed by atoms with Crippen LogP contribution in [0.3, 0.4) is 0 Å². The summed E-state index contributed by atoms with van der Waals surface area (Å²) in [7, 11) is -10.3. The third-order valence-electron chi connectivity index (χ3n) is 0. The van der Waals surface area contributed by atoms with Crippen LogP contribution in [0.1, 0.15) is 0 Å². The Labute approximate surface area is 170 Å². The molecule has 73 valence electrons. The first-order valence-electron chi connectivity index (χ1n) is 1.41. The summed E-state index contributed by atoms with van der Waals surface area (Å²) in [4.78, 5) is 24.3. The Morgan fingerprint density at radius 1 is 1.08 bits per heavy atom. The Morgan fingerprint density at radius 3 is 1.08 bits per heavy atom. The third-order valence-corrected chi connectivity index (χ3v) is 0. The first kappa shape index (κ1) is 30.1. The zero-order valence-corrected chi connectivity index (χ0v) is 15.4. The minimum absolute atomic E-state index is 0. The summed E-state index contributed by atoms with van der Waals surface area (Å²) >= 11 is 0. The predicted octanol–water partition coefficient (Wildman–Crippen LogP) is -9.53. The van der Waals surface area contributed by atoms with Crippen molar-refractivity contribution < 1.29 is 157 Å². The molecule has 0 atom stereocenters. The second-order valence-electron chi connectivity index (χ2n) is 0.877. The number of hydrogen-bond donors (Lipinski definition) is 1. The molecule has 0 aromatic carbocycles. The molecule has 0 bridgehead atoms. The van der Waals surface area contributed by atoms with E-state index in [0.717, 1.165) is 0 Å². The number of hydrogen-bond acceptors (Lipinski definition) is 7. The van der Waals surface area contributed by atoms with Gasteiger partial charge in [-0.05, 0) is 0 Å². The average Bonchev–Trinajstić information content (AvgIpc) is 1.12. The van der Waals surface area contributed by atoms with Gasteiger partial charge in [0.2, 0.25) is 0 Å². The fourth-order valence-corrected chi connectivity index (χ4v) is 0. The Balaban J connectivity index is -0.0000000267. The average molecular weight is 334 g/mol. The Kier molecular flexibility index (Phi) is 32.0. The van der Waals surface area contributed by atoms with E-state index < -0.39 is 18.2 Å². The Bertz CT molecular complexity index is 200.